The second-order valence-corrected chi connectivity index (χ2v) is 9.36. The molecule has 0 fully saturated rings. The van der Waals surface area contributed by atoms with Gasteiger partial charge in [0, 0.05) is 41.1 Å². The Hall–Kier alpha value is -3.89. The van der Waals surface area contributed by atoms with E-state index >= 15 is 0 Å². The van der Waals surface area contributed by atoms with E-state index in [1.807, 2.05) is 48.5 Å². The molecule has 35 heavy (non-hydrogen) atoms. The van der Waals surface area contributed by atoms with Crippen molar-refractivity contribution in [3.63, 3.8) is 0 Å². The summed E-state index contributed by atoms with van der Waals surface area (Å²) in [5, 5.41) is 0. The number of aromatic nitrogens is 2. The normalized spacial score (nSPS) is 10.8. The third-order valence-corrected chi connectivity index (χ3v) is 6.48. The van der Waals surface area contributed by atoms with Crippen LogP contribution in [0, 0.1) is 0 Å². The summed E-state index contributed by atoms with van der Waals surface area (Å²) in [4.78, 5) is 13.4. The number of carbonyl (C=O) groups excluding carboxylic acids is 1. The number of nitrogens with zero attached hydrogens (tertiary/aromatic N) is 2. The Morgan fingerprint density at radius 3 is 1.71 bits per heavy atom. The predicted octanol–water partition coefficient (Wildman–Crippen LogP) is 7.46. The van der Waals surface area contributed by atoms with Crippen LogP contribution in [-0.4, -0.2) is 14.9 Å². The topological polar surface area (TPSA) is 26.9 Å². The van der Waals surface area contributed by atoms with Crippen LogP contribution in [0.1, 0.15) is 32.9 Å². The van der Waals surface area contributed by atoms with Gasteiger partial charge in [0.25, 0.3) is 0 Å². The molecule has 0 atom stereocenters. The van der Waals surface area contributed by atoms with Gasteiger partial charge in [-0.25, -0.2) is 0 Å². The van der Waals surface area contributed by atoms with Crippen LogP contribution in [0.15, 0.2) is 132 Å². The molecular formula is C31H25BrN2O. The van der Waals surface area contributed by atoms with E-state index in [-0.39, 0.29) is 5.78 Å². The number of hydrogen-bond acceptors (Lipinski definition) is 1. The van der Waals surface area contributed by atoms with Gasteiger partial charge in [-0.15, -0.1) is 0 Å². The highest BCUT2D eigenvalue weighted by Gasteiger charge is 2.17. The predicted molar refractivity (Wildman–Crippen MR) is 146 cm³/mol. The first-order chi connectivity index (χ1) is 17.2. The average Bonchev–Trinajstić information content (AvgIpc) is 3.53. The molecule has 0 bridgehead atoms. The van der Waals surface area contributed by atoms with Crippen molar-refractivity contribution in [1.29, 1.82) is 0 Å². The van der Waals surface area contributed by atoms with Gasteiger partial charge in [-0.2, -0.15) is 0 Å². The first-order valence-corrected chi connectivity index (χ1v) is 12.4. The van der Waals surface area contributed by atoms with Gasteiger partial charge in [-0.1, -0.05) is 88.7 Å². The van der Waals surface area contributed by atoms with Crippen molar-refractivity contribution in [1.82, 2.24) is 9.13 Å². The number of allylic oxidation sites excluding steroid dienone is 1. The maximum absolute atomic E-state index is 13.4. The van der Waals surface area contributed by atoms with Crippen molar-refractivity contribution in [2.45, 2.75) is 13.1 Å². The molecule has 5 aromatic rings. The average molecular weight is 521 g/mol. The molecule has 3 aromatic carbocycles. The smallest absolute Gasteiger partial charge is 0.186 e. The van der Waals surface area contributed by atoms with E-state index in [1.165, 1.54) is 11.1 Å². The van der Waals surface area contributed by atoms with Gasteiger partial charge < -0.3 is 9.13 Å². The molecular weight excluding hydrogens is 496 g/mol. The summed E-state index contributed by atoms with van der Waals surface area (Å²) in [6.07, 6.45) is 5.92. The van der Waals surface area contributed by atoms with Crippen molar-refractivity contribution in [2.75, 3.05) is 0 Å². The van der Waals surface area contributed by atoms with E-state index in [1.54, 1.807) is 6.08 Å². The molecule has 0 spiro atoms. The van der Waals surface area contributed by atoms with E-state index in [9.17, 15) is 4.79 Å². The fraction of sp³-hybridized carbons (Fsp3) is 0.0645. The summed E-state index contributed by atoms with van der Waals surface area (Å²) < 4.78 is 5.29. The standard InChI is InChI=1S/C31H25BrN2O/c32-27-15-7-14-26(20-27)31(35)21-28(29-16-8-18-33(29)22-24-10-3-1-4-11-24)30-17-9-19-34(30)23-25-12-5-2-6-13-25/h1-21H,22-23H2. The largest absolute Gasteiger partial charge is 0.343 e. The molecule has 172 valence electrons. The molecule has 4 heteroatoms. The van der Waals surface area contributed by atoms with E-state index < -0.39 is 0 Å². The summed E-state index contributed by atoms with van der Waals surface area (Å²) >= 11 is 3.49. The van der Waals surface area contributed by atoms with E-state index in [0.29, 0.717) is 5.56 Å². The number of ketones is 1. The number of halogens is 1. The summed E-state index contributed by atoms with van der Waals surface area (Å²) in [5.41, 5.74) is 5.98. The monoisotopic (exact) mass is 520 g/mol. The fourth-order valence-corrected chi connectivity index (χ4v) is 4.69. The number of benzene rings is 3. The van der Waals surface area contributed by atoms with Crippen LogP contribution in [0.5, 0.6) is 0 Å². The third kappa shape index (κ3) is 5.44. The molecule has 0 N–H and O–H groups in total. The lowest BCUT2D eigenvalue weighted by Crippen LogP contribution is -2.09. The van der Waals surface area contributed by atoms with Gasteiger partial charge in [-0.3, -0.25) is 4.79 Å². The number of hydrogen-bond donors (Lipinski definition) is 0. The lowest BCUT2D eigenvalue weighted by Gasteiger charge is -2.16. The molecule has 0 aliphatic heterocycles. The molecule has 2 heterocycles. The Morgan fingerprint density at radius 2 is 1.20 bits per heavy atom. The van der Waals surface area contributed by atoms with E-state index in [2.05, 4.69) is 98.1 Å². The van der Waals surface area contributed by atoms with Gasteiger partial charge in [0.15, 0.2) is 5.78 Å². The zero-order chi connectivity index (χ0) is 24.0. The zero-order valence-corrected chi connectivity index (χ0v) is 20.8. The van der Waals surface area contributed by atoms with Gasteiger partial charge in [0.2, 0.25) is 0 Å². The summed E-state index contributed by atoms with van der Waals surface area (Å²) in [6, 6.07) is 36.5. The fourth-order valence-electron chi connectivity index (χ4n) is 4.29. The molecule has 3 nitrogen and oxygen atoms in total. The van der Waals surface area contributed by atoms with Gasteiger partial charge in [0.1, 0.15) is 0 Å². The zero-order valence-electron chi connectivity index (χ0n) is 19.2. The van der Waals surface area contributed by atoms with Crippen molar-refractivity contribution < 1.29 is 4.79 Å². The van der Waals surface area contributed by atoms with Crippen LogP contribution in [0.4, 0.5) is 0 Å². The molecule has 0 aliphatic carbocycles. The number of carbonyl (C=O) groups is 1. The highest BCUT2D eigenvalue weighted by Crippen LogP contribution is 2.27. The summed E-state index contributed by atoms with van der Waals surface area (Å²) in [5.74, 6) is -0.0266. The minimum absolute atomic E-state index is 0.0266. The Morgan fingerprint density at radius 1 is 0.657 bits per heavy atom. The first-order valence-electron chi connectivity index (χ1n) is 11.6. The maximum atomic E-state index is 13.4. The Labute approximate surface area is 214 Å². The van der Waals surface area contributed by atoms with E-state index in [4.69, 9.17) is 0 Å². The van der Waals surface area contributed by atoms with Gasteiger partial charge in [0.05, 0.1) is 11.4 Å². The first kappa shape index (κ1) is 22.9. The molecule has 0 radical (unpaired) electrons. The molecule has 0 aliphatic rings. The van der Waals surface area contributed by atoms with Crippen molar-refractivity contribution >= 4 is 27.3 Å². The molecule has 0 saturated heterocycles. The molecule has 0 unspecified atom stereocenters. The Kier molecular flexibility index (Phi) is 6.92. The summed E-state index contributed by atoms with van der Waals surface area (Å²) in [6.45, 7) is 1.45. The van der Waals surface area contributed by atoms with Crippen LogP contribution in [0.25, 0.3) is 5.57 Å². The lowest BCUT2D eigenvalue weighted by atomic mass is 10.0. The van der Waals surface area contributed by atoms with Gasteiger partial charge in [-0.05, 0) is 53.6 Å². The van der Waals surface area contributed by atoms with Crippen molar-refractivity contribution in [3.8, 4) is 0 Å². The number of rotatable bonds is 8. The lowest BCUT2D eigenvalue weighted by molar-refractivity contribution is 0.104. The minimum Gasteiger partial charge on any atom is -0.343 e. The Balaban J connectivity index is 1.59. The van der Waals surface area contributed by atoms with E-state index in [0.717, 1.165) is 34.5 Å². The third-order valence-electron chi connectivity index (χ3n) is 5.99. The van der Waals surface area contributed by atoms with Crippen LogP contribution >= 0.6 is 15.9 Å². The molecule has 2 aromatic heterocycles. The van der Waals surface area contributed by atoms with Crippen LogP contribution < -0.4 is 0 Å². The second-order valence-electron chi connectivity index (χ2n) is 8.45. The van der Waals surface area contributed by atoms with Gasteiger partial charge >= 0.3 is 0 Å². The maximum Gasteiger partial charge on any atom is 0.186 e. The molecule has 0 saturated carbocycles. The summed E-state index contributed by atoms with van der Waals surface area (Å²) in [7, 11) is 0. The van der Waals surface area contributed by atoms with Crippen LogP contribution in [0.2, 0.25) is 0 Å². The van der Waals surface area contributed by atoms with Crippen molar-refractivity contribution in [2.24, 2.45) is 0 Å². The SMILES string of the molecule is O=C(C=C(c1cccn1Cc1ccccc1)c1cccn1Cc1ccccc1)c1cccc(Br)c1. The quantitative estimate of drug-likeness (QED) is 0.154. The Bertz CT molecular complexity index is 1380. The highest BCUT2D eigenvalue weighted by atomic mass is 79.9. The molecule has 5 rings (SSSR count). The minimum atomic E-state index is -0.0266. The van der Waals surface area contributed by atoms with Crippen LogP contribution in [-0.2, 0) is 13.1 Å². The highest BCUT2D eigenvalue weighted by molar-refractivity contribution is 9.10. The second kappa shape index (κ2) is 10.6. The molecule has 0 amide bonds. The van der Waals surface area contributed by atoms with Crippen molar-refractivity contribution in [3.05, 3.63) is 160 Å². The van der Waals surface area contributed by atoms with Crippen LogP contribution in [0.3, 0.4) is 0 Å².